The summed E-state index contributed by atoms with van der Waals surface area (Å²) >= 11 is 3.38. The number of halogens is 1. The van der Waals surface area contributed by atoms with Crippen molar-refractivity contribution in [3.05, 3.63) is 22.8 Å². The van der Waals surface area contributed by atoms with Gasteiger partial charge in [0, 0.05) is 25.8 Å². The minimum Gasteiger partial charge on any atom is -0.472 e. The van der Waals surface area contributed by atoms with Crippen molar-refractivity contribution in [1.29, 1.82) is 0 Å². The first kappa shape index (κ1) is 16.1. The molecule has 22 heavy (non-hydrogen) atoms. The molecule has 3 heterocycles. The Balaban J connectivity index is 1.63. The molecule has 9 heteroatoms. The van der Waals surface area contributed by atoms with E-state index in [2.05, 4.69) is 20.9 Å². The highest BCUT2D eigenvalue weighted by molar-refractivity contribution is 9.10. The molecule has 1 atom stereocenters. The van der Waals surface area contributed by atoms with E-state index in [-0.39, 0.29) is 6.10 Å². The third kappa shape index (κ3) is 3.43. The lowest BCUT2D eigenvalue weighted by Gasteiger charge is -2.30. The molecule has 0 bridgehead atoms. The molecule has 122 valence electrons. The first-order chi connectivity index (χ1) is 10.6. The number of aromatic nitrogens is 1. The van der Waals surface area contributed by atoms with E-state index in [0.717, 1.165) is 4.47 Å². The van der Waals surface area contributed by atoms with Crippen LogP contribution in [0, 0.1) is 0 Å². The van der Waals surface area contributed by atoms with Crippen LogP contribution in [0.4, 0.5) is 0 Å². The summed E-state index contributed by atoms with van der Waals surface area (Å²) in [5.74, 6) is 0.498. The van der Waals surface area contributed by atoms with E-state index in [1.807, 2.05) is 6.07 Å². The normalized spacial score (nSPS) is 24.5. The second kappa shape index (κ2) is 6.79. The molecule has 0 aliphatic carbocycles. The SMILES string of the molecule is O=S(=O)(N1CCOCC1)N1CC[C@@H](Oc2ncccc2Br)C1. The molecule has 0 unspecified atom stereocenters. The monoisotopic (exact) mass is 391 g/mol. The van der Waals surface area contributed by atoms with Crippen molar-refractivity contribution >= 4 is 26.1 Å². The predicted octanol–water partition coefficient (Wildman–Crippen LogP) is 0.874. The standard InChI is InChI=1S/C13H18BrN3O4S/c14-12-2-1-4-15-13(12)21-11-3-5-17(10-11)22(18,19)16-6-8-20-9-7-16/h1-2,4,11H,3,5-10H2/t11-/m1/s1. The number of nitrogens with zero attached hydrogens (tertiary/aromatic N) is 3. The molecule has 3 rings (SSSR count). The van der Waals surface area contributed by atoms with Gasteiger partial charge in [0.15, 0.2) is 0 Å². The van der Waals surface area contributed by atoms with Crippen molar-refractivity contribution in [2.24, 2.45) is 0 Å². The lowest BCUT2D eigenvalue weighted by atomic mass is 10.3. The molecule has 0 aromatic carbocycles. The van der Waals surface area contributed by atoms with Gasteiger partial charge in [-0.3, -0.25) is 0 Å². The first-order valence-electron chi connectivity index (χ1n) is 7.17. The van der Waals surface area contributed by atoms with E-state index in [4.69, 9.17) is 9.47 Å². The van der Waals surface area contributed by atoms with E-state index in [1.165, 1.54) is 8.61 Å². The summed E-state index contributed by atoms with van der Waals surface area (Å²) in [4.78, 5) is 4.15. The molecule has 1 aromatic heterocycles. The fourth-order valence-electron chi connectivity index (χ4n) is 2.56. The van der Waals surface area contributed by atoms with Crippen molar-refractivity contribution in [1.82, 2.24) is 13.6 Å². The molecule has 2 saturated heterocycles. The lowest BCUT2D eigenvalue weighted by Crippen LogP contribution is -2.48. The highest BCUT2D eigenvalue weighted by atomic mass is 79.9. The minimum atomic E-state index is -3.42. The smallest absolute Gasteiger partial charge is 0.282 e. The Bertz CT molecular complexity index is 621. The lowest BCUT2D eigenvalue weighted by molar-refractivity contribution is 0.0703. The van der Waals surface area contributed by atoms with Gasteiger partial charge in [0.1, 0.15) is 6.10 Å². The average Bonchev–Trinajstić information content (AvgIpc) is 3.00. The average molecular weight is 392 g/mol. The molecule has 0 N–H and O–H groups in total. The first-order valence-corrected chi connectivity index (χ1v) is 9.36. The van der Waals surface area contributed by atoms with Gasteiger partial charge in [0.05, 0.1) is 24.2 Å². The van der Waals surface area contributed by atoms with Gasteiger partial charge in [-0.05, 0) is 34.5 Å². The van der Waals surface area contributed by atoms with Crippen LogP contribution in [0.15, 0.2) is 22.8 Å². The van der Waals surface area contributed by atoms with Crippen LogP contribution >= 0.6 is 15.9 Å². The van der Waals surface area contributed by atoms with Gasteiger partial charge < -0.3 is 9.47 Å². The highest BCUT2D eigenvalue weighted by Crippen LogP contribution is 2.26. The van der Waals surface area contributed by atoms with Crippen molar-refractivity contribution in [3.63, 3.8) is 0 Å². The second-order valence-electron chi connectivity index (χ2n) is 5.20. The Labute approximate surface area is 138 Å². The summed E-state index contributed by atoms with van der Waals surface area (Å²) in [7, 11) is -3.42. The molecule has 2 aliphatic heterocycles. The number of hydrogen-bond acceptors (Lipinski definition) is 5. The molecule has 2 aliphatic rings. The zero-order valence-corrected chi connectivity index (χ0v) is 14.4. The van der Waals surface area contributed by atoms with Gasteiger partial charge in [-0.1, -0.05) is 0 Å². The summed E-state index contributed by atoms with van der Waals surface area (Å²) < 4.78 is 39.9. The number of rotatable bonds is 4. The van der Waals surface area contributed by atoms with Crippen molar-refractivity contribution in [3.8, 4) is 5.88 Å². The zero-order chi connectivity index (χ0) is 15.6. The molecule has 1 aromatic rings. The van der Waals surface area contributed by atoms with Crippen LogP contribution in [-0.4, -0.2) is 67.5 Å². The molecular formula is C13H18BrN3O4S. The molecule has 0 saturated carbocycles. The van der Waals surface area contributed by atoms with E-state index in [9.17, 15) is 8.42 Å². The third-order valence-electron chi connectivity index (χ3n) is 3.73. The Morgan fingerprint density at radius 1 is 1.27 bits per heavy atom. The van der Waals surface area contributed by atoms with E-state index in [1.54, 1.807) is 12.3 Å². The quantitative estimate of drug-likeness (QED) is 0.761. The Morgan fingerprint density at radius 2 is 2.05 bits per heavy atom. The molecule has 7 nitrogen and oxygen atoms in total. The molecule has 0 radical (unpaired) electrons. The van der Waals surface area contributed by atoms with Crippen LogP contribution in [0.5, 0.6) is 5.88 Å². The van der Waals surface area contributed by atoms with Crippen molar-refractivity contribution in [2.75, 3.05) is 39.4 Å². The molecule has 0 spiro atoms. The fraction of sp³-hybridized carbons (Fsp3) is 0.615. The van der Waals surface area contributed by atoms with Gasteiger partial charge in [0.25, 0.3) is 10.2 Å². The van der Waals surface area contributed by atoms with Crippen LogP contribution in [0.3, 0.4) is 0 Å². The van der Waals surface area contributed by atoms with Gasteiger partial charge in [-0.25, -0.2) is 4.98 Å². The molecular weight excluding hydrogens is 374 g/mol. The second-order valence-corrected chi connectivity index (χ2v) is 7.98. The number of ether oxygens (including phenoxy) is 2. The number of hydrogen-bond donors (Lipinski definition) is 0. The predicted molar refractivity (Wildman–Crippen MR) is 83.9 cm³/mol. The van der Waals surface area contributed by atoms with Crippen LogP contribution in [0.25, 0.3) is 0 Å². The maximum absolute atomic E-state index is 12.6. The van der Waals surface area contributed by atoms with Gasteiger partial charge in [-0.2, -0.15) is 17.0 Å². The summed E-state index contributed by atoms with van der Waals surface area (Å²) in [6.45, 7) is 2.55. The van der Waals surface area contributed by atoms with E-state index >= 15 is 0 Å². The van der Waals surface area contributed by atoms with E-state index < -0.39 is 10.2 Å². The minimum absolute atomic E-state index is 0.179. The Hall–Kier alpha value is -0.740. The van der Waals surface area contributed by atoms with Gasteiger partial charge in [-0.15, -0.1) is 0 Å². The number of morpholine rings is 1. The fourth-order valence-corrected chi connectivity index (χ4v) is 4.54. The maximum Gasteiger partial charge on any atom is 0.282 e. The zero-order valence-electron chi connectivity index (χ0n) is 12.0. The van der Waals surface area contributed by atoms with Crippen LogP contribution in [-0.2, 0) is 14.9 Å². The Morgan fingerprint density at radius 3 is 2.77 bits per heavy atom. The summed E-state index contributed by atoms with van der Waals surface area (Å²) in [6, 6.07) is 3.65. The van der Waals surface area contributed by atoms with Crippen molar-refractivity contribution in [2.45, 2.75) is 12.5 Å². The largest absolute Gasteiger partial charge is 0.472 e. The van der Waals surface area contributed by atoms with Gasteiger partial charge in [0.2, 0.25) is 5.88 Å². The summed E-state index contributed by atoms with van der Waals surface area (Å²) in [5.41, 5.74) is 0. The molecule has 2 fully saturated rings. The van der Waals surface area contributed by atoms with Crippen molar-refractivity contribution < 1.29 is 17.9 Å². The van der Waals surface area contributed by atoms with Gasteiger partial charge >= 0.3 is 0 Å². The topological polar surface area (TPSA) is 72.0 Å². The summed E-state index contributed by atoms with van der Waals surface area (Å²) in [5, 5.41) is 0. The van der Waals surface area contributed by atoms with Crippen LogP contribution in [0.1, 0.15) is 6.42 Å². The Kier molecular flexibility index (Phi) is 4.98. The summed E-state index contributed by atoms with van der Waals surface area (Å²) in [6.07, 6.45) is 2.13. The number of pyridine rings is 1. The van der Waals surface area contributed by atoms with Crippen LogP contribution in [0.2, 0.25) is 0 Å². The highest BCUT2D eigenvalue weighted by Gasteiger charge is 2.37. The van der Waals surface area contributed by atoms with E-state index in [0.29, 0.717) is 51.7 Å². The van der Waals surface area contributed by atoms with Crippen LogP contribution < -0.4 is 4.74 Å². The third-order valence-corrected chi connectivity index (χ3v) is 6.34. The molecule has 0 amide bonds. The maximum atomic E-state index is 12.6.